The lowest BCUT2D eigenvalue weighted by Gasteiger charge is -2.58. The smallest absolute Gasteiger partial charge is 0.274 e. The second kappa shape index (κ2) is 7.80. The third-order valence-electron chi connectivity index (χ3n) is 7.13. The van der Waals surface area contributed by atoms with Crippen LogP contribution in [-0.4, -0.2) is 54.6 Å². The number of amides is 1. The fourth-order valence-corrected chi connectivity index (χ4v) is 7.09. The molecule has 160 valence electrons. The molecule has 6 rings (SSSR count). The lowest BCUT2D eigenvalue weighted by atomic mass is 9.52. The van der Waals surface area contributed by atoms with Crippen LogP contribution in [0.1, 0.15) is 66.4 Å². The monoisotopic (exact) mass is 422 g/mol. The Morgan fingerprint density at radius 1 is 1.31 bits per heavy atom. The maximum absolute atomic E-state index is 13.3. The van der Waals surface area contributed by atoms with Crippen molar-refractivity contribution >= 4 is 17.2 Å². The number of carbonyl (C=O) groups is 1. The molecule has 7 nitrogen and oxygen atoms in total. The Morgan fingerprint density at radius 2 is 2.10 bits per heavy atom. The minimum absolute atomic E-state index is 0.0703. The van der Waals surface area contributed by atoms with E-state index in [2.05, 4.69) is 10.3 Å². The summed E-state index contributed by atoms with van der Waals surface area (Å²) in [6.07, 6.45) is 6.55. The lowest BCUT2D eigenvalue weighted by molar-refractivity contribution is -0.136. The van der Waals surface area contributed by atoms with E-state index in [4.69, 9.17) is 14.2 Å². The molecule has 3 atom stereocenters. The SMILES string of the molecule is COCCOc1nc([C@H]2CCCO2)c(C(=O)NC2C3CC4CC2CC(O)(C4)C3)s1. The average Bonchev–Trinajstić information content (AvgIpc) is 3.33. The number of hydrogen-bond acceptors (Lipinski definition) is 7. The molecule has 1 aromatic rings. The van der Waals surface area contributed by atoms with E-state index in [0.717, 1.165) is 44.9 Å². The van der Waals surface area contributed by atoms with E-state index in [-0.39, 0.29) is 18.1 Å². The number of nitrogens with one attached hydrogen (secondary N) is 1. The predicted octanol–water partition coefficient (Wildman–Crippen LogP) is 2.69. The van der Waals surface area contributed by atoms with E-state index >= 15 is 0 Å². The Bertz CT molecular complexity index is 746. The topological polar surface area (TPSA) is 89.9 Å². The van der Waals surface area contributed by atoms with E-state index < -0.39 is 5.60 Å². The molecule has 4 aliphatic carbocycles. The number of aromatic nitrogens is 1. The van der Waals surface area contributed by atoms with Crippen molar-refractivity contribution in [2.45, 2.75) is 62.7 Å². The molecule has 2 unspecified atom stereocenters. The van der Waals surface area contributed by atoms with Gasteiger partial charge in [0.05, 0.1) is 17.9 Å². The number of ether oxygens (including phenoxy) is 3. The summed E-state index contributed by atoms with van der Waals surface area (Å²) in [5, 5.41) is 14.6. The van der Waals surface area contributed by atoms with Crippen LogP contribution in [0.15, 0.2) is 0 Å². The number of nitrogens with zero attached hydrogens (tertiary/aromatic N) is 1. The number of thiazole rings is 1. The van der Waals surface area contributed by atoms with Crippen LogP contribution in [0.4, 0.5) is 0 Å². The zero-order valence-electron chi connectivity index (χ0n) is 16.9. The molecule has 1 aromatic heterocycles. The first-order chi connectivity index (χ1) is 14.0. The highest BCUT2D eigenvalue weighted by molar-refractivity contribution is 7.15. The molecule has 1 aliphatic heterocycles. The minimum Gasteiger partial charge on any atom is -0.468 e. The van der Waals surface area contributed by atoms with Gasteiger partial charge < -0.3 is 24.6 Å². The van der Waals surface area contributed by atoms with Gasteiger partial charge in [0.25, 0.3) is 11.1 Å². The van der Waals surface area contributed by atoms with Crippen molar-refractivity contribution in [1.82, 2.24) is 10.3 Å². The quantitative estimate of drug-likeness (QED) is 0.657. The molecular formula is C21H30N2O5S. The number of carbonyl (C=O) groups excluding carboxylic acids is 1. The van der Waals surface area contributed by atoms with E-state index in [1.807, 2.05) is 0 Å². The van der Waals surface area contributed by atoms with Crippen molar-refractivity contribution in [2.24, 2.45) is 17.8 Å². The molecule has 5 fully saturated rings. The number of aliphatic hydroxyl groups is 1. The van der Waals surface area contributed by atoms with Crippen molar-refractivity contribution in [3.63, 3.8) is 0 Å². The lowest BCUT2D eigenvalue weighted by Crippen LogP contribution is -2.61. The van der Waals surface area contributed by atoms with Gasteiger partial charge in [-0.25, -0.2) is 4.98 Å². The third-order valence-corrected chi connectivity index (χ3v) is 8.11. The molecule has 0 aromatic carbocycles. The van der Waals surface area contributed by atoms with Crippen LogP contribution in [0.2, 0.25) is 0 Å². The van der Waals surface area contributed by atoms with Gasteiger partial charge in [0.15, 0.2) is 0 Å². The summed E-state index contributed by atoms with van der Waals surface area (Å²) in [6.45, 7) is 1.59. The molecule has 5 aliphatic rings. The molecule has 1 saturated heterocycles. The van der Waals surface area contributed by atoms with Gasteiger partial charge in [0.2, 0.25) is 0 Å². The minimum atomic E-state index is -0.493. The normalized spacial score (nSPS) is 37.8. The fourth-order valence-electron chi connectivity index (χ4n) is 6.19. The summed E-state index contributed by atoms with van der Waals surface area (Å²) >= 11 is 1.30. The molecule has 29 heavy (non-hydrogen) atoms. The van der Waals surface area contributed by atoms with Gasteiger partial charge in [0, 0.05) is 19.8 Å². The Morgan fingerprint density at radius 3 is 2.76 bits per heavy atom. The van der Waals surface area contributed by atoms with E-state index in [0.29, 0.717) is 53.3 Å². The predicted molar refractivity (Wildman–Crippen MR) is 107 cm³/mol. The summed E-state index contributed by atoms with van der Waals surface area (Å²) in [7, 11) is 1.63. The summed E-state index contributed by atoms with van der Waals surface area (Å²) in [5.41, 5.74) is 0.216. The van der Waals surface area contributed by atoms with E-state index in [1.54, 1.807) is 7.11 Å². The van der Waals surface area contributed by atoms with Crippen molar-refractivity contribution < 1.29 is 24.1 Å². The van der Waals surface area contributed by atoms with E-state index in [1.165, 1.54) is 11.3 Å². The van der Waals surface area contributed by atoms with Crippen molar-refractivity contribution in [2.75, 3.05) is 26.9 Å². The van der Waals surface area contributed by atoms with Gasteiger partial charge in [-0.2, -0.15) is 0 Å². The third kappa shape index (κ3) is 3.80. The molecule has 2 N–H and O–H groups in total. The largest absolute Gasteiger partial charge is 0.468 e. The molecule has 4 bridgehead atoms. The van der Waals surface area contributed by atoms with Crippen LogP contribution in [0.5, 0.6) is 5.19 Å². The highest BCUT2D eigenvalue weighted by Crippen LogP contribution is 2.55. The average molecular weight is 423 g/mol. The Labute approximate surface area is 175 Å². The first-order valence-electron chi connectivity index (χ1n) is 10.8. The molecule has 2 heterocycles. The van der Waals surface area contributed by atoms with Crippen molar-refractivity contribution in [3.05, 3.63) is 10.6 Å². The second-order valence-corrected chi connectivity index (χ2v) is 10.2. The molecule has 4 saturated carbocycles. The van der Waals surface area contributed by atoms with Gasteiger partial charge in [-0.3, -0.25) is 4.79 Å². The molecule has 0 radical (unpaired) electrons. The molecule has 1 amide bonds. The van der Waals surface area contributed by atoms with Gasteiger partial charge >= 0.3 is 0 Å². The van der Waals surface area contributed by atoms with Crippen LogP contribution in [0.25, 0.3) is 0 Å². The zero-order valence-corrected chi connectivity index (χ0v) is 17.7. The van der Waals surface area contributed by atoms with E-state index in [9.17, 15) is 9.90 Å². The van der Waals surface area contributed by atoms with Gasteiger partial charge in [-0.05, 0) is 62.7 Å². The maximum atomic E-state index is 13.3. The highest BCUT2D eigenvalue weighted by atomic mass is 32.1. The number of hydrogen-bond donors (Lipinski definition) is 2. The number of methoxy groups -OCH3 is 1. The maximum Gasteiger partial charge on any atom is 0.274 e. The number of rotatable bonds is 7. The summed E-state index contributed by atoms with van der Waals surface area (Å²) in [4.78, 5) is 18.5. The standard InChI is InChI=1S/C21H30N2O5S/c1-26-5-6-28-20-23-17(15-3-2-4-27-15)18(29-20)19(24)22-16-13-7-12-8-14(16)11-21(25,9-12)10-13/h12-16,25H,2-11H2,1H3,(H,22,24)/t12?,13?,14?,15-,16?,21?/m1/s1. The molecular weight excluding hydrogens is 392 g/mol. The van der Waals surface area contributed by atoms with Crippen LogP contribution in [0, 0.1) is 17.8 Å². The first kappa shape index (κ1) is 19.7. The summed E-state index contributed by atoms with van der Waals surface area (Å²) in [6, 6.07) is 0.150. The fraction of sp³-hybridized carbons (Fsp3) is 0.810. The van der Waals surface area contributed by atoms with Crippen LogP contribution >= 0.6 is 11.3 Å². The van der Waals surface area contributed by atoms with Gasteiger partial charge in [0.1, 0.15) is 17.6 Å². The highest BCUT2D eigenvalue weighted by Gasteiger charge is 2.55. The van der Waals surface area contributed by atoms with Crippen LogP contribution in [0.3, 0.4) is 0 Å². The zero-order chi connectivity index (χ0) is 20.0. The van der Waals surface area contributed by atoms with Crippen molar-refractivity contribution in [1.29, 1.82) is 0 Å². The summed E-state index contributed by atoms with van der Waals surface area (Å²) < 4.78 is 16.5. The Hall–Kier alpha value is -1.22. The first-order valence-corrected chi connectivity index (χ1v) is 11.6. The summed E-state index contributed by atoms with van der Waals surface area (Å²) in [5.74, 6) is 1.31. The van der Waals surface area contributed by atoms with Gasteiger partial charge in [-0.1, -0.05) is 11.3 Å². The Kier molecular flexibility index (Phi) is 5.30. The van der Waals surface area contributed by atoms with Crippen LogP contribution in [-0.2, 0) is 9.47 Å². The Balaban J connectivity index is 1.33. The van der Waals surface area contributed by atoms with Gasteiger partial charge in [-0.15, -0.1) is 0 Å². The second-order valence-electron chi connectivity index (χ2n) is 9.23. The van der Waals surface area contributed by atoms with Crippen molar-refractivity contribution in [3.8, 4) is 5.19 Å². The molecule has 0 spiro atoms. The molecule has 8 heteroatoms. The van der Waals surface area contributed by atoms with Crippen LogP contribution < -0.4 is 10.1 Å².